The fraction of sp³-hybridized carbons (Fsp3) is 0.133. The Balaban J connectivity index is 2.19. The molecule has 0 amide bonds. The number of hydrogen-bond acceptors (Lipinski definition) is 1. The van der Waals surface area contributed by atoms with Crippen molar-refractivity contribution < 1.29 is 8.78 Å². The Morgan fingerprint density at radius 2 is 1.89 bits per heavy atom. The number of halogens is 2. The number of rotatable bonds is 2. The fourth-order valence-corrected chi connectivity index (χ4v) is 2.18. The molecule has 0 bridgehead atoms. The van der Waals surface area contributed by atoms with Crippen LogP contribution in [0.5, 0.6) is 0 Å². The summed E-state index contributed by atoms with van der Waals surface area (Å²) in [4.78, 5) is 7.46. The maximum Gasteiger partial charge on any atom is 0.264 e. The number of H-pyrrole nitrogens is 1. The molecule has 0 atom stereocenters. The summed E-state index contributed by atoms with van der Waals surface area (Å²) in [7, 11) is 0. The lowest BCUT2D eigenvalue weighted by molar-refractivity contribution is 0.152. The van der Waals surface area contributed by atoms with Crippen LogP contribution in [0.1, 0.15) is 17.7 Å². The van der Waals surface area contributed by atoms with Crippen LogP contribution in [0.3, 0.4) is 0 Å². The van der Waals surface area contributed by atoms with Crippen LogP contribution in [0.2, 0.25) is 0 Å². The molecule has 0 spiro atoms. The summed E-state index contributed by atoms with van der Waals surface area (Å²) in [5.41, 5.74) is 2.84. The second kappa shape index (κ2) is 4.46. The Labute approximate surface area is 109 Å². The summed E-state index contributed by atoms with van der Waals surface area (Å²) < 4.78 is 26.0. The minimum absolute atomic E-state index is 0.0331. The van der Waals surface area contributed by atoms with Gasteiger partial charge in [-0.1, -0.05) is 24.3 Å². The van der Waals surface area contributed by atoms with Crippen molar-refractivity contribution in [2.75, 3.05) is 0 Å². The summed E-state index contributed by atoms with van der Waals surface area (Å²) in [5, 5.41) is 0.921. The van der Waals surface area contributed by atoms with Gasteiger partial charge < -0.3 is 4.98 Å². The number of fused-ring (bicyclic) bond motifs is 1. The summed E-state index contributed by atoms with van der Waals surface area (Å²) >= 11 is 0. The van der Waals surface area contributed by atoms with Gasteiger partial charge in [0.25, 0.3) is 6.43 Å². The number of aryl methyl sites for hydroxylation is 1. The molecule has 2 heterocycles. The molecule has 19 heavy (non-hydrogen) atoms. The predicted molar refractivity (Wildman–Crippen MR) is 71.2 cm³/mol. The second-order valence-corrected chi connectivity index (χ2v) is 4.46. The van der Waals surface area contributed by atoms with E-state index >= 15 is 0 Å². The minimum atomic E-state index is -2.49. The van der Waals surface area contributed by atoms with Crippen LogP contribution in [0.4, 0.5) is 8.78 Å². The lowest BCUT2D eigenvalue weighted by Gasteiger charge is -2.06. The van der Waals surface area contributed by atoms with Gasteiger partial charge in [-0.25, -0.2) is 13.8 Å². The van der Waals surface area contributed by atoms with Gasteiger partial charge in [-0.3, -0.25) is 0 Å². The first kappa shape index (κ1) is 11.8. The third-order valence-electron chi connectivity index (χ3n) is 3.10. The summed E-state index contributed by atoms with van der Waals surface area (Å²) in [6, 6.07) is 12.2. The average molecular weight is 258 g/mol. The minimum Gasteiger partial charge on any atom is -0.339 e. The normalized spacial score (nSPS) is 11.4. The van der Waals surface area contributed by atoms with Crippen LogP contribution in [-0.2, 0) is 0 Å². The molecule has 1 N–H and O–H groups in total. The Hall–Kier alpha value is -2.23. The number of benzene rings is 1. The van der Waals surface area contributed by atoms with E-state index in [1.807, 2.05) is 25.1 Å². The van der Waals surface area contributed by atoms with E-state index in [2.05, 4.69) is 9.97 Å². The molecule has 0 aliphatic rings. The van der Waals surface area contributed by atoms with Crippen LogP contribution in [0.15, 0.2) is 42.5 Å². The van der Waals surface area contributed by atoms with Crippen molar-refractivity contribution in [3.8, 4) is 11.3 Å². The average Bonchev–Trinajstić information content (AvgIpc) is 2.81. The summed E-state index contributed by atoms with van der Waals surface area (Å²) in [6.07, 6.45) is -2.49. The summed E-state index contributed by atoms with van der Waals surface area (Å²) in [6.45, 7) is 1.90. The molecule has 96 valence electrons. The molecule has 0 saturated heterocycles. The third-order valence-corrected chi connectivity index (χ3v) is 3.10. The van der Waals surface area contributed by atoms with Gasteiger partial charge in [-0.15, -0.1) is 0 Å². The molecule has 1 aromatic carbocycles. The molecule has 2 aromatic heterocycles. The molecule has 3 rings (SSSR count). The maximum absolute atomic E-state index is 13.0. The van der Waals surface area contributed by atoms with Gasteiger partial charge >= 0.3 is 0 Å². The van der Waals surface area contributed by atoms with Crippen molar-refractivity contribution in [3.63, 3.8) is 0 Å². The van der Waals surface area contributed by atoms with E-state index in [1.54, 1.807) is 18.2 Å². The van der Waals surface area contributed by atoms with Crippen LogP contribution in [0.25, 0.3) is 22.3 Å². The first-order chi connectivity index (χ1) is 9.15. The van der Waals surface area contributed by atoms with Crippen molar-refractivity contribution in [2.45, 2.75) is 13.3 Å². The molecule has 2 nitrogen and oxygen atoms in total. The van der Waals surface area contributed by atoms with Crippen LogP contribution in [0, 0.1) is 6.92 Å². The Kier molecular flexibility index (Phi) is 2.78. The zero-order valence-electron chi connectivity index (χ0n) is 10.3. The largest absolute Gasteiger partial charge is 0.339 e. The van der Waals surface area contributed by atoms with Crippen LogP contribution >= 0.6 is 0 Å². The van der Waals surface area contributed by atoms with Gasteiger partial charge in [-0.05, 0) is 25.1 Å². The zero-order valence-corrected chi connectivity index (χ0v) is 10.3. The maximum atomic E-state index is 13.0. The highest BCUT2D eigenvalue weighted by molar-refractivity contribution is 5.83. The molecule has 4 heteroatoms. The van der Waals surface area contributed by atoms with E-state index in [0.29, 0.717) is 11.3 Å². The van der Waals surface area contributed by atoms with E-state index in [0.717, 1.165) is 16.7 Å². The first-order valence-electron chi connectivity index (χ1n) is 5.99. The van der Waals surface area contributed by atoms with Crippen molar-refractivity contribution in [2.24, 2.45) is 0 Å². The first-order valence-corrected chi connectivity index (χ1v) is 5.99. The number of nitrogens with zero attached hydrogens (tertiary/aromatic N) is 1. The highest BCUT2D eigenvalue weighted by Gasteiger charge is 2.15. The molecule has 0 unspecified atom stereocenters. The molecular weight excluding hydrogens is 246 g/mol. The zero-order chi connectivity index (χ0) is 13.4. The Morgan fingerprint density at radius 3 is 2.68 bits per heavy atom. The van der Waals surface area contributed by atoms with E-state index in [-0.39, 0.29) is 5.56 Å². The van der Waals surface area contributed by atoms with E-state index < -0.39 is 6.43 Å². The fourth-order valence-electron chi connectivity index (χ4n) is 2.18. The molecule has 0 fully saturated rings. The lowest BCUT2D eigenvalue weighted by atomic mass is 10.1. The number of hydrogen-bond donors (Lipinski definition) is 1. The smallest absolute Gasteiger partial charge is 0.264 e. The van der Waals surface area contributed by atoms with E-state index in [1.165, 1.54) is 6.07 Å². The van der Waals surface area contributed by atoms with E-state index in [4.69, 9.17) is 0 Å². The van der Waals surface area contributed by atoms with Crippen LogP contribution < -0.4 is 0 Å². The topological polar surface area (TPSA) is 28.7 Å². The van der Waals surface area contributed by atoms with Gasteiger partial charge in [0.1, 0.15) is 5.65 Å². The lowest BCUT2D eigenvalue weighted by Crippen LogP contribution is -1.89. The number of aromatic amines is 1. The Morgan fingerprint density at radius 1 is 1.11 bits per heavy atom. The number of aromatic nitrogens is 2. The molecule has 0 aliphatic carbocycles. The standard InChI is InChI=1S/C15H12F2N2/c1-9-6-7-10-8-13(19-15(10)18-9)11-4-2-3-5-12(11)14(16)17/h2-8,14H,1H3,(H,18,19). The monoisotopic (exact) mass is 258 g/mol. The van der Waals surface area contributed by atoms with Crippen LogP contribution in [-0.4, -0.2) is 9.97 Å². The number of nitrogens with one attached hydrogen (secondary N) is 1. The second-order valence-electron chi connectivity index (χ2n) is 4.46. The number of alkyl halides is 2. The van der Waals surface area contributed by atoms with E-state index in [9.17, 15) is 8.78 Å². The van der Waals surface area contributed by atoms with Gasteiger partial charge in [0.15, 0.2) is 0 Å². The quantitative estimate of drug-likeness (QED) is 0.721. The third kappa shape index (κ3) is 2.10. The van der Waals surface area contributed by atoms with Crippen molar-refractivity contribution >= 4 is 11.0 Å². The van der Waals surface area contributed by atoms with Gasteiger partial charge in [0, 0.05) is 27.9 Å². The van der Waals surface area contributed by atoms with Crippen molar-refractivity contribution in [1.29, 1.82) is 0 Å². The highest BCUT2D eigenvalue weighted by Crippen LogP contribution is 2.31. The SMILES string of the molecule is Cc1ccc2cc(-c3ccccc3C(F)F)[nH]c2n1. The molecule has 0 saturated carbocycles. The molecule has 0 aliphatic heterocycles. The predicted octanol–water partition coefficient (Wildman–Crippen LogP) is 4.48. The van der Waals surface area contributed by atoms with Gasteiger partial charge in [-0.2, -0.15) is 0 Å². The molecular formula is C15H12F2N2. The molecule has 0 radical (unpaired) electrons. The van der Waals surface area contributed by atoms with Gasteiger partial charge in [0.05, 0.1) is 0 Å². The summed E-state index contributed by atoms with van der Waals surface area (Å²) in [5.74, 6) is 0. The highest BCUT2D eigenvalue weighted by atomic mass is 19.3. The van der Waals surface area contributed by atoms with Crippen molar-refractivity contribution in [3.05, 3.63) is 53.7 Å². The van der Waals surface area contributed by atoms with Gasteiger partial charge in [0.2, 0.25) is 0 Å². The van der Waals surface area contributed by atoms with Crippen molar-refractivity contribution in [1.82, 2.24) is 9.97 Å². The Bertz CT molecular complexity index is 732. The molecule has 3 aromatic rings. The number of pyridine rings is 1.